The van der Waals surface area contributed by atoms with Crippen LogP contribution in [0.15, 0.2) is 65.1 Å². The van der Waals surface area contributed by atoms with E-state index >= 15 is 0 Å². The van der Waals surface area contributed by atoms with Crippen LogP contribution in [0.2, 0.25) is 10.0 Å². The monoisotopic (exact) mass is 474 g/mol. The Hall–Kier alpha value is -2.32. The number of hydrogen-bond donors (Lipinski definition) is 1. The van der Waals surface area contributed by atoms with E-state index in [0.29, 0.717) is 15.2 Å². The largest absolute Gasteiger partial charge is 0.325 e. The van der Waals surface area contributed by atoms with Gasteiger partial charge in [0.15, 0.2) is 11.0 Å². The van der Waals surface area contributed by atoms with E-state index in [4.69, 9.17) is 23.2 Å². The summed E-state index contributed by atoms with van der Waals surface area (Å²) < 4.78 is 1.94. The lowest BCUT2D eigenvalue weighted by molar-refractivity contribution is -0.113. The molecule has 4 rings (SSSR count). The molecule has 1 N–H and O–H groups in total. The van der Waals surface area contributed by atoms with Crippen molar-refractivity contribution in [2.24, 2.45) is 0 Å². The van der Waals surface area contributed by atoms with Crippen molar-refractivity contribution >= 4 is 57.9 Å². The molecule has 5 nitrogen and oxygen atoms in total. The zero-order valence-electron chi connectivity index (χ0n) is 15.8. The van der Waals surface area contributed by atoms with Crippen molar-refractivity contribution in [2.45, 2.75) is 12.1 Å². The summed E-state index contributed by atoms with van der Waals surface area (Å²) in [5.41, 5.74) is 2.53. The van der Waals surface area contributed by atoms with Crippen molar-refractivity contribution in [1.82, 2.24) is 14.8 Å². The van der Waals surface area contributed by atoms with Crippen LogP contribution < -0.4 is 5.32 Å². The molecule has 0 atom stereocenters. The molecular weight excluding hydrogens is 459 g/mol. The fourth-order valence-corrected chi connectivity index (χ4v) is 4.64. The molecular formula is C21H16Cl2N4OS2. The number of nitrogens with one attached hydrogen (secondary N) is 1. The van der Waals surface area contributed by atoms with Crippen LogP contribution in [0.3, 0.4) is 0 Å². The fraction of sp³-hybridized carbons (Fsp3) is 0.0952. The van der Waals surface area contributed by atoms with Gasteiger partial charge in [0.2, 0.25) is 5.91 Å². The van der Waals surface area contributed by atoms with Crippen molar-refractivity contribution in [3.05, 3.63) is 75.6 Å². The second-order valence-electron chi connectivity index (χ2n) is 6.39. The molecule has 2 aromatic carbocycles. The Kier molecular flexibility index (Phi) is 6.43. The van der Waals surface area contributed by atoms with Crippen LogP contribution in [0, 0.1) is 6.92 Å². The minimum atomic E-state index is -0.131. The van der Waals surface area contributed by atoms with Gasteiger partial charge in [-0.1, -0.05) is 41.0 Å². The zero-order chi connectivity index (χ0) is 21.1. The number of hydrogen-bond acceptors (Lipinski definition) is 5. The Balaban J connectivity index is 1.56. The molecule has 2 heterocycles. The first-order chi connectivity index (χ1) is 14.5. The highest BCUT2D eigenvalue weighted by Crippen LogP contribution is 2.31. The number of carbonyl (C=O) groups is 1. The topological polar surface area (TPSA) is 59.8 Å². The summed E-state index contributed by atoms with van der Waals surface area (Å²) in [5.74, 6) is 0.788. The Bertz CT molecular complexity index is 1170. The minimum absolute atomic E-state index is 0.131. The summed E-state index contributed by atoms with van der Waals surface area (Å²) in [6, 6.07) is 16.8. The molecule has 0 bridgehead atoms. The van der Waals surface area contributed by atoms with E-state index in [1.165, 1.54) is 11.8 Å². The molecule has 0 aliphatic heterocycles. The van der Waals surface area contributed by atoms with Crippen LogP contribution in [-0.4, -0.2) is 26.4 Å². The lowest BCUT2D eigenvalue weighted by Gasteiger charge is -2.11. The van der Waals surface area contributed by atoms with Gasteiger partial charge in [-0.15, -0.1) is 21.5 Å². The third-order valence-corrected chi connectivity index (χ3v) is 6.54. The van der Waals surface area contributed by atoms with Gasteiger partial charge in [0.1, 0.15) is 0 Å². The molecule has 9 heteroatoms. The van der Waals surface area contributed by atoms with Gasteiger partial charge in [-0.3, -0.25) is 9.36 Å². The molecule has 0 unspecified atom stereocenters. The number of aromatic nitrogens is 3. The second kappa shape index (κ2) is 9.22. The second-order valence-corrected chi connectivity index (χ2v) is 9.15. The van der Waals surface area contributed by atoms with E-state index in [1.54, 1.807) is 23.5 Å². The van der Waals surface area contributed by atoms with E-state index in [1.807, 2.05) is 59.3 Å². The number of rotatable bonds is 6. The van der Waals surface area contributed by atoms with Gasteiger partial charge < -0.3 is 5.32 Å². The molecule has 0 radical (unpaired) electrons. The van der Waals surface area contributed by atoms with Gasteiger partial charge in [-0.2, -0.15) is 0 Å². The average Bonchev–Trinajstić information content (AvgIpc) is 3.39. The summed E-state index contributed by atoms with van der Waals surface area (Å²) in [6.45, 7) is 1.90. The average molecular weight is 475 g/mol. The maximum atomic E-state index is 12.5. The van der Waals surface area contributed by atoms with Crippen LogP contribution in [-0.2, 0) is 4.79 Å². The predicted octanol–water partition coefficient (Wildman–Crippen LogP) is 6.34. The van der Waals surface area contributed by atoms with E-state index in [-0.39, 0.29) is 11.7 Å². The van der Waals surface area contributed by atoms with Gasteiger partial charge in [-0.25, -0.2) is 0 Å². The zero-order valence-corrected chi connectivity index (χ0v) is 18.9. The van der Waals surface area contributed by atoms with Crippen LogP contribution in [0.1, 0.15) is 5.56 Å². The van der Waals surface area contributed by atoms with Gasteiger partial charge in [0.25, 0.3) is 0 Å². The van der Waals surface area contributed by atoms with Gasteiger partial charge in [0.05, 0.1) is 10.6 Å². The van der Waals surface area contributed by atoms with Crippen molar-refractivity contribution in [2.75, 3.05) is 11.1 Å². The number of thioether (sulfide) groups is 1. The lowest BCUT2D eigenvalue weighted by atomic mass is 10.2. The van der Waals surface area contributed by atoms with Crippen LogP contribution in [0.25, 0.3) is 16.4 Å². The third-order valence-electron chi connectivity index (χ3n) is 4.25. The summed E-state index contributed by atoms with van der Waals surface area (Å²) in [4.78, 5) is 13.5. The number of halogens is 2. The van der Waals surface area contributed by atoms with Crippen molar-refractivity contribution in [3.8, 4) is 16.4 Å². The Morgan fingerprint density at radius 1 is 1.10 bits per heavy atom. The highest BCUT2D eigenvalue weighted by atomic mass is 35.5. The molecule has 2 aromatic heterocycles. The maximum Gasteiger partial charge on any atom is 0.234 e. The first kappa shape index (κ1) is 20.9. The molecule has 0 aliphatic carbocycles. The molecule has 4 aromatic rings. The number of amides is 1. The van der Waals surface area contributed by atoms with E-state index in [2.05, 4.69) is 15.5 Å². The summed E-state index contributed by atoms with van der Waals surface area (Å²) in [7, 11) is 0. The predicted molar refractivity (Wildman–Crippen MR) is 125 cm³/mol. The summed E-state index contributed by atoms with van der Waals surface area (Å²) >= 11 is 14.9. The molecule has 0 fully saturated rings. The maximum absolute atomic E-state index is 12.5. The van der Waals surface area contributed by atoms with E-state index in [0.717, 1.165) is 27.6 Å². The van der Waals surface area contributed by atoms with Crippen LogP contribution >= 0.6 is 46.3 Å². The number of thiophene rings is 1. The minimum Gasteiger partial charge on any atom is -0.325 e. The first-order valence-electron chi connectivity index (χ1n) is 8.95. The smallest absolute Gasteiger partial charge is 0.234 e. The normalized spacial score (nSPS) is 10.9. The first-order valence-corrected chi connectivity index (χ1v) is 11.6. The molecule has 152 valence electrons. The third kappa shape index (κ3) is 4.70. The number of carbonyl (C=O) groups excluding carboxylic acids is 1. The fourth-order valence-electron chi connectivity index (χ4n) is 2.84. The molecule has 30 heavy (non-hydrogen) atoms. The van der Waals surface area contributed by atoms with E-state index in [9.17, 15) is 4.79 Å². The van der Waals surface area contributed by atoms with Gasteiger partial charge >= 0.3 is 0 Å². The quantitative estimate of drug-likeness (QED) is 0.331. The van der Waals surface area contributed by atoms with Crippen molar-refractivity contribution < 1.29 is 4.79 Å². The van der Waals surface area contributed by atoms with Crippen molar-refractivity contribution in [3.63, 3.8) is 0 Å². The van der Waals surface area contributed by atoms with Crippen LogP contribution in [0.4, 0.5) is 5.69 Å². The van der Waals surface area contributed by atoms with Crippen molar-refractivity contribution in [1.29, 1.82) is 0 Å². The highest BCUT2D eigenvalue weighted by Gasteiger charge is 2.18. The standard InChI is InChI=1S/C21H16Cl2N4OS2/c1-13-11-15(23)6-9-17(13)24-19(28)12-30-21-26-25-20(18-3-2-10-29-18)27(21)16-7-4-14(22)5-8-16/h2-11H,12H2,1H3,(H,24,28). The van der Waals surface area contributed by atoms with Gasteiger partial charge in [0, 0.05) is 21.4 Å². The molecule has 0 spiro atoms. The highest BCUT2D eigenvalue weighted by molar-refractivity contribution is 7.99. The molecule has 0 saturated heterocycles. The van der Waals surface area contributed by atoms with Crippen LogP contribution in [0.5, 0.6) is 0 Å². The van der Waals surface area contributed by atoms with E-state index < -0.39 is 0 Å². The summed E-state index contributed by atoms with van der Waals surface area (Å²) in [5, 5.41) is 15.5. The molecule has 1 amide bonds. The molecule has 0 saturated carbocycles. The lowest BCUT2D eigenvalue weighted by Crippen LogP contribution is -2.15. The molecule has 0 aliphatic rings. The Morgan fingerprint density at radius 3 is 2.57 bits per heavy atom. The van der Waals surface area contributed by atoms with Gasteiger partial charge in [-0.05, 0) is 66.4 Å². The number of benzene rings is 2. The number of aryl methyl sites for hydroxylation is 1. The number of anilines is 1. The SMILES string of the molecule is Cc1cc(Cl)ccc1NC(=O)CSc1nnc(-c2cccs2)n1-c1ccc(Cl)cc1. The summed E-state index contributed by atoms with van der Waals surface area (Å²) in [6.07, 6.45) is 0. The number of nitrogens with zero attached hydrogens (tertiary/aromatic N) is 3. The Morgan fingerprint density at radius 2 is 1.87 bits per heavy atom. The Labute approximate surface area is 192 Å².